The zero-order valence-corrected chi connectivity index (χ0v) is 10.9. The number of aliphatic hydroxyl groups is 2. The Morgan fingerprint density at radius 3 is 1.05 bits per heavy atom. The van der Waals surface area contributed by atoms with Gasteiger partial charge in [0.15, 0.2) is 0 Å². The molecule has 1 aromatic carbocycles. The van der Waals surface area contributed by atoms with Crippen molar-refractivity contribution in [1.29, 1.82) is 0 Å². The highest BCUT2D eigenvalue weighted by Gasteiger charge is 2.29. The predicted molar refractivity (Wildman–Crippen MR) is 68.5 cm³/mol. The van der Waals surface area contributed by atoms with Gasteiger partial charge in [-0.05, 0) is 12.1 Å². The van der Waals surface area contributed by atoms with E-state index in [9.17, 15) is 19.2 Å². The first kappa shape index (κ1) is 19.0. The molecule has 10 heteroatoms. The predicted octanol–water partition coefficient (Wildman–Crippen LogP) is -0.550. The van der Waals surface area contributed by atoms with Gasteiger partial charge in [0.05, 0.1) is 35.5 Å². The second-order valence-electron chi connectivity index (χ2n) is 3.58. The van der Waals surface area contributed by atoms with E-state index in [4.69, 9.17) is 30.6 Å². The van der Waals surface area contributed by atoms with Gasteiger partial charge in [-0.3, -0.25) is 0 Å². The third-order valence-electron chi connectivity index (χ3n) is 2.19. The van der Waals surface area contributed by atoms with E-state index in [1.807, 2.05) is 0 Å². The number of aromatic carboxylic acids is 4. The minimum atomic E-state index is -1.83. The molecule has 0 aliphatic carbocycles. The van der Waals surface area contributed by atoms with Crippen molar-refractivity contribution in [1.82, 2.24) is 0 Å². The van der Waals surface area contributed by atoms with Gasteiger partial charge in [0.25, 0.3) is 0 Å². The Hall–Kier alpha value is -2.98. The molecule has 22 heavy (non-hydrogen) atoms. The van der Waals surface area contributed by atoms with Crippen LogP contribution < -0.4 is 0 Å². The minimum absolute atomic E-state index is 0.125. The first-order valence-electron chi connectivity index (χ1n) is 5.50. The number of carboxylic acids is 4. The summed E-state index contributed by atoms with van der Waals surface area (Å²) in [5.74, 6) is -6.97. The van der Waals surface area contributed by atoms with Crippen molar-refractivity contribution >= 4 is 23.9 Å². The SMILES string of the molecule is O=C(O)c1ccc(C(=O)O)c(C(=O)O)c1C(=O)O.OCCO. The van der Waals surface area contributed by atoms with E-state index in [0.717, 1.165) is 12.1 Å². The summed E-state index contributed by atoms with van der Waals surface area (Å²) in [4.78, 5) is 43.4. The highest BCUT2D eigenvalue weighted by atomic mass is 16.4. The minimum Gasteiger partial charge on any atom is -0.478 e. The number of rotatable bonds is 5. The molecule has 0 fully saturated rings. The maximum Gasteiger partial charge on any atom is 0.337 e. The molecule has 0 heterocycles. The lowest BCUT2D eigenvalue weighted by Gasteiger charge is -2.08. The van der Waals surface area contributed by atoms with Crippen LogP contribution in [0.3, 0.4) is 0 Å². The van der Waals surface area contributed by atoms with Crippen LogP contribution in [0.4, 0.5) is 0 Å². The average molecular weight is 316 g/mol. The van der Waals surface area contributed by atoms with Crippen LogP contribution in [0.5, 0.6) is 0 Å². The summed E-state index contributed by atoms with van der Waals surface area (Å²) in [5.41, 5.74) is -3.69. The first-order chi connectivity index (χ1) is 10.2. The summed E-state index contributed by atoms with van der Waals surface area (Å²) < 4.78 is 0. The average Bonchev–Trinajstić information content (AvgIpc) is 2.45. The number of hydrogen-bond acceptors (Lipinski definition) is 6. The Kier molecular flexibility index (Phi) is 7.21. The summed E-state index contributed by atoms with van der Waals surface area (Å²) in [6, 6.07) is 1.48. The maximum atomic E-state index is 10.9. The van der Waals surface area contributed by atoms with E-state index in [0.29, 0.717) is 0 Å². The molecule has 0 saturated heterocycles. The number of aliphatic hydroxyl groups excluding tert-OH is 2. The van der Waals surface area contributed by atoms with Crippen molar-refractivity contribution < 1.29 is 49.8 Å². The Morgan fingerprint density at radius 2 is 0.909 bits per heavy atom. The molecule has 120 valence electrons. The van der Waals surface area contributed by atoms with Crippen molar-refractivity contribution in [3.63, 3.8) is 0 Å². The third-order valence-corrected chi connectivity index (χ3v) is 2.19. The summed E-state index contributed by atoms with van der Waals surface area (Å²) in [6.45, 7) is -0.250. The molecule has 0 unspecified atom stereocenters. The topological polar surface area (TPSA) is 190 Å². The standard InChI is InChI=1S/C10H6O8.C2H6O2/c11-7(12)3-1-2-4(8(13)14)6(10(17)18)5(3)9(15)16;3-1-2-4/h1-2H,(H,11,12)(H,13,14)(H,15,16)(H,17,18);3-4H,1-2H2. The monoisotopic (exact) mass is 316 g/mol. The van der Waals surface area contributed by atoms with Crippen LogP contribution in [0.25, 0.3) is 0 Å². The highest BCUT2D eigenvalue weighted by Crippen LogP contribution is 2.20. The van der Waals surface area contributed by atoms with Gasteiger partial charge in [0, 0.05) is 0 Å². The van der Waals surface area contributed by atoms with Crippen molar-refractivity contribution in [2.24, 2.45) is 0 Å². The van der Waals surface area contributed by atoms with Crippen LogP contribution in [-0.4, -0.2) is 67.7 Å². The number of carbonyl (C=O) groups is 4. The van der Waals surface area contributed by atoms with Crippen LogP contribution in [-0.2, 0) is 0 Å². The lowest BCUT2D eigenvalue weighted by atomic mass is 9.95. The van der Waals surface area contributed by atoms with Crippen molar-refractivity contribution in [3.05, 3.63) is 34.4 Å². The largest absolute Gasteiger partial charge is 0.478 e. The normalized spacial score (nSPS) is 9.36. The second kappa shape index (κ2) is 8.34. The quantitative estimate of drug-likeness (QED) is 0.411. The Bertz CT molecular complexity index is 551. The van der Waals surface area contributed by atoms with Crippen molar-refractivity contribution in [2.75, 3.05) is 13.2 Å². The van der Waals surface area contributed by atoms with Gasteiger partial charge >= 0.3 is 23.9 Å². The highest BCUT2D eigenvalue weighted by molar-refractivity contribution is 6.13. The molecule has 1 aromatic rings. The van der Waals surface area contributed by atoms with E-state index >= 15 is 0 Å². The van der Waals surface area contributed by atoms with E-state index in [1.165, 1.54) is 0 Å². The molecule has 0 spiro atoms. The van der Waals surface area contributed by atoms with Crippen molar-refractivity contribution in [2.45, 2.75) is 0 Å². The molecule has 0 atom stereocenters. The van der Waals surface area contributed by atoms with Gasteiger partial charge in [-0.15, -0.1) is 0 Å². The fourth-order valence-electron chi connectivity index (χ4n) is 1.40. The Balaban J connectivity index is 0.000000980. The zero-order valence-electron chi connectivity index (χ0n) is 10.9. The van der Waals surface area contributed by atoms with Gasteiger partial charge in [0.1, 0.15) is 0 Å². The van der Waals surface area contributed by atoms with E-state index in [2.05, 4.69) is 0 Å². The number of carboxylic acid groups (broad SMARTS) is 4. The summed E-state index contributed by atoms with van der Waals surface area (Å²) >= 11 is 0. The molecule has 0 radical (unpaired) electrons. The number of benzene rings is 1. The van der Waals surface area contributed by atoms with Crippen LogP contribution >= 0.6 is 0 Å². The molecular weight excluding hydrogens is 304 g/mol. The molecule has 0 amide bonds. The molecule has 0 aliphatic heterocycles. The van der Waals surface area contributed by atoms with Gasteiger partial charge in [-0.1, -0.05) is 0 Å². The summed E-state index contributed by atoms with van der Waals surface area (Å²) in [7, 11) is 0. The lowest BCUT2D eigenvalue weighted by Crippen LogP contribution is -2.19. The second-order valence-corrected chi connectivity index (χ2v) is 3.58. The Morgan fingerprint density at radius 1 is 0.636 bits per heavy atom. The van der Waals surface area contributed by atoms with Crippen LogP contribution in [0, 0.1) is 0 Å². The van der Waals surface area contributed by atoms with Crippen LogP contribution in [0.15, 0.2) is 12.1 Å². The zero-order chi connectivity index (χ0) is 17.4. The van der Waals surface area contributed by atoms with E-state index in [-0.39, 0.29) is 13.2 Å². The molecule has 6 N–H and O–H groups in total. The van der Waals surface area contributed by atoms with E-state index < -0.39 is 46.1 Å². The van der Waals surface area contributed by atoms with E-state index in [1.54, 1.807) is 0 Å². The molecule has 0 aliphatic rings. The van der Waals surface area contributed by atoms with Gasteiger partial charge in [0.2, 0.25) is 0 Å². The first-order valence-corrected chi connectivity index (χ1v) is 5.50. The molecule has 0 saturated carbocycles. The van der Waals surface area contributed by atoms with Crippen LogP contribution in [0.1, 0.15) is 41.4 Å². The van der Waals surface area contributed by atoms with Crippen molar-refractivity contribution in [3.8, 4) is 0 Å². The molecule has 1 rings (SSSR count). The summed E-state index contributed by atoms with van der Waals surface area (Å²) in [5, 5.41) is 50.4. The summed E-state index contributed by atoms with van der Waals surface area (Å²) in [6.07, 6.45) is 0. The molecule has 0 aromatic heterocycles. The molecule has 10 nitrogen and oxygen atoms in total. The van der Waals surface area contributed by atoms with Gasteiger partial charge < -0.3 is 30.6 Å². The molecule has 0 bridgehead atoms. The fraction of sp³-hybridized carbons (Fsp3) is 0.167. The Labute approximate surface area is 122 Å². The fourth-order valence-corrected chi connectivity index (χ4v) is 1.40. The van der Waals surface area contributed by atoms with Gasteiger partial charge in [-0.2, -0.15) is 0 Å². The number of hydrogen-bond donors (Lipinski definition) is 6. The maximum absolute atomic E-state index is 10.9. The van der Waals surface area contributed by atoms with Crippen LogP contribution in [0.2, 0.25) is 0 Å². The third kappa shape index (κ3) is 4.54. The smallest absolute Gasteiger partial charge is 0.337 e. The molecular formula is C12H12O10. The van der Waals surface area contributed by atoms with Gasteiger partial charge in [-0.25, -0.2) is 19.2 Å². The lowest BCUT2D eigenvalue weighted by molar-refractivity contribution is 0.0619.